The van der Waals surface area contributed by atoms with E-state index in [1.807, 2.05) is 97.1 Å². The first-order valence-electron chi connectivity index (χ1n) is 9.88. The van der Waals surface area contributed by atoms with Gasteiger partial charge in [0, 0.05) is 16.8 Å². The summed E-state index contributed by atoms with van der Waals surface area (Å²) in [5.41, 5.74) is 3.43. The molecule has 0 saturated heterocycles. The zero-order chi connectivity index (χ0) is 20.8. The van der Waals surface area contributed by atoms with Crippen LogP contribution in [-0.4, -0.2) is 11.8 Å². The predicted molar refractivity (Wildman–Crippen MR) is 121 cm³/mol. The lowest BCUT2D eigenvalue weighted by Gasteiger charge is -2.11. The lowest BCUT2D eigenvalue weighted by Crippen LogP contribution is -2.15. The van der Waals surface area contributed by atoms with Crippen LogP contribution in [0, 0.1) is 0 Å². The topological polar surface area (TPSA) is 58.2 Å². The van der Waals surface area contributed by atoms with Crippen LogP contribution in [0.1, 0.15) is 11.1 Å². The maximum absolute atomic E-state index is 12.4. The Bertz CT molecular complexity index is 1170. The molecule has 0 fully saturated rings. The van der Waals surface area contributed by atoms with Gasteiger partial charge in [-0.05, 0) is 34.7 Å². The van der Waals surface area contributed by atoms with Crippen molar-refractivity contribution < 1.29 is 9.59 Å². The summed E-state index contributed by atoms with van der Waals surface area (Å²) < 4.78 is 0. The fourth-order valence-electron chi connectivity index (χ4n) is 3.43. The number of hydrogen-bond acceptors (Lipinski definition) is 2. The van der Waals surface area contributed by atoms with Gasteiger partial charge >= 0.3 is 0 Å². The summed E-state index contributed by atoms with van der Waals surface area (Å²) in [7, 11) is 0. The summed E-state index contributed by atoms with van der Waals surface area (Å²) in [6.45, 7) is 0. The minimum atomic E-state index is -0.0622. The predicted octanol–water partition coefficient (Wildman–Crippen LogP) is 5.20. The highest BCUT2D eigenvalue weighted by Gasteiger charge is 2.09. The third-order valence-corrected chi connectivity index (χ3v) is 4.85. The number of hydrogen-bond donors (Lipinski definition) is 2. The Morgan fingerprint density at radius 1 is 0.600 bits per heavy atom. The molecule has 4 aromatic carbocycles. The average Bonchev–Trinajstić information content (AvgIpc) is 2.75. The number of carbonyl (C=O) groups is 2. The molecule has 2 N–H and O–H groups in total. The van der Waals surface area contributed by atoms with Gasteiger partial charge in [0.05, 0.1) is 12.8 Å². The molecule has 0 radical (unpaired) electrons. The van der Waals surface area contributed by atoms with Crippen molar-refractivity contribution in [3.05, 3.63) is 108 Å². The van der Waals surface area contributed by atoms with E-state index in [1.165, 1.54) is 0 Å². The quantitative estimate of drug-likeness (QED) is 0.472. The SMILES string of the molecule is O=C(Cc1ccccc1)Nc1ccc2c(NC(=O)Cc3ccccc3)cccc2c1. The van der Waals surface area contributed by atoms with Gasteiger partial charge in [0.25, 0.3) is 0 Å². The Morgan fingerprint density at radius 3 is 1.83 bits per heavy atom. The van der Waals surface area contributed by atoms with E-state index in [9.17, 15) is 9.59 Å². The summed E-state index contributed by atoms with van der Waals surface area (Å²) in [4.78, 5) is 24.8. The summed E-state index contributed by atoms with van der Waals surface area (Å²) in [5.74, 6) is -0.123. The lowest BCUT2D eigenvalue weighted by atomic mass is 10.1. The van der Waals surface area contributed by atoms with E-state index in [0.29, 0.717) is 12.8 Å². The second kappa shape index (κ2) is 9.05. The van der Waals surface area contributed by atoms with Crippen molar-refractivity contribution >= 4 is 34.0 Å². The van der Waals surface area contributed by atoms with Crippen LogP contribution in [0.25, 0.3) is 10.8 Å². The molecule has 4 nitrogen and oxygen atoms in total. The second-order valence-electron chi connectivity index (χ2n) is 7.16. The molecule has 30 heavy (non-hydrogen) atoms. The van der Waals surface area contributed by atoms with Crippen LogP contribution in [0.3, 0.4) is 0 Å². The molecule has 4 rings (SSSR count). The van der Waals surface area contributed by atoms with E-state index in [4.69, 9.17) is 0 Å². The zero-order valence-electron chi connectivity index (χ0n) is 16.5. The Labute approximate surface area is 175 Å². The van der Waals surface area contributed by atoms with E-state index < -0.39 is 0 Å². The van der Waals surface area contributed by atoms with E-state index in [2.05, 4.69) is 10.6 Å². The van der Waals surface area contributed by atoms with Crippen molar-refractivity contribution in [1.82, 2.24) is 0 Å². The van der Waals surface area contributed by atoms with Crippen LogP contribution in [0.5, 0.6) is 0 Å². The second-order valence-corrected chi connectivity index (χ2v) is 7.16. The average molecular weight is 394 g/mol. The minimum Gasteiger partial charge on any atom is -0.326 e. The number of anilines is 2. The largest absolute Gasteiger partial charge is 0.326 e. The minimum absolute atomic E-state index is 0.0612. The molecule has 0 heterocycles. The maximum Gasteiger partial charge on any atom is 0.228 e. The highest BCUT2D eigenvalue weighted by Crippen LogP contribution is 2.26. The van der Waals surface area contributed by atoms with Crippen molar-refractivity contribution in [2.75, 3.05) is 10.6 Å². The zero-order valence-corrected chi connectivity index (χ0v) is 16.5. The molecule has 2 amide bonds. The van der Waals surface area contributed by atoms with Gasteiger partial charge in [-0.15, -0.1) is 0 Å². The van der Waals surface area contributed by atoms with Crippen LogP contribution in [0.4, 0.5) is 11.4 Å². The van der Waals surface area contributed by atoms with Gasteiger partial charge in [0.15, 0.2) is 0 Å². The van der Waals surface area contributed by atoms with Crippen molar-refractivity contribution in [2.24, 2.45) is 0 Å². The number of benzene rings is 4. The van der Waals surface area contributed by atoms with E-state index >= 15 is 0 Å². The van der Waals surface area contributed by atoms with Crippen molar-refractivity contribution in [3.8, 4) is 0 Å². The first kappa shape index (κ1) is 19.4. The maximum atomic E-state index is 12.4. The number of nitrogens with one attached hydrogen (secondary N) is 2. The first-order valence-corrected chi connectivity index (χ1v) is 9.88. The number of amides is 2. The van der Waals surface area contributed by atoms with Gasteiger partial charge in [-0.1, -0.05) is 78.9 Å². The molecule has 0 aliphatic rings. The molecule has 0 aromatic heterocycles. The Hall–Kier alpha value is -3.92. The summed E-state index contributed by atoms with van der Waals surface area (Å²) >= 11 is 0. The molecule has 0 spiro atoms. The molecular weight excluding hydrogens is 372 g/mol. The third-order valence-electron chi connectivity index (χ3n) is 4.85. The van der Waals surface area contributed by atoms with Gasteiger partial charge in [0.1, 0.15) is 0 Å². The van der Waals surface area contributed by atoms with Crippen molar-refractivity contribution in [2.45, 2.75) is 12.8 Å². The Kier molecular flexibility index (Phi) is 5.85. The monoisotopic (exact) mass is 394 g/mol. The Balaban J connectivity index is 1.46. The van der Waals surface area contributed by atoms with Crippen LogP contribution in [0.2, 0.25) is 0 Å². The van der Waals surface area contributed by atoms with Gasteiger partial charge in [-0.2, -0.15) is 0 Å². The van der Waals surface area contributed by atoms with Crippen LogP contribution in [-0.2, 0) is 22.4 Å². The first-order chi connectivity index (χ1) is 14.7. The molecule has 0 unspecified atom stereocenters. The standard InChI is InChI=1S/C26H22N2O2/c29-25(16-19-8-3-1-4-9-19)27-22-14-15-23-21(18-22)12-7-13-24(23)28-26(30)17-20-10-5-2-6-11-20/h1-15,18H,16-17H2,(H,27,29)(H,28,30). The molecule has 148 valence electrons. The van der Waals surface area contributed by atoms with Gasteiger partial charge in [-0.3, -0.25) is 9.59 Å². The highest BCUT2D eigenvalue weighted by molar-refractivity contribution is 6.04. The summed E-state index contributed by atoms with van der Waals surface area (Å²) in [6.07, 6.45) is 0.652. The molecule has 4 heteroatoms. The summed E-state index contributed by atoms with van der Waals surface area (Å²) in [6, 6.07) is 30.8. The molecular formula is C26H22N2O2. The highest BCUT2D eigenvalue weighted by atomic mass is 16.2. The molecule has 0 aliphatic carbocycles. The molecule has 0 atom stereocenters. The van der Waals surface area contributed by atoms with Crippen LogP contribution < -0.4 is 10.6 Å². The van der Waals surface area contributed by atoms with Gasteiger partial charge < -0.3 is 10.6 Å². The molecule has 0 aliphatic heterocycles. The lowest BCUT2D eigenvalue weighted by molar-refractivity contribution is -0.116. The van der Waals surface area contributed by atoms with E-state index in [1.54, 1.807) is 0 Å². The smallest absolute Gasteiger partial charge is 0.228 e. The molecule has 4 aromatic rings. The van der Waals surface area contributed by atoms with Crippen molar-refractivity contribution in [1.29, 1.82) is 0 Å². The van der Waals surface area contributed by atoms with Crippen LogP contribution >= 0.6 is 0 Å². The number of fused-ring (bicyclic) bond motifs is 1. The van der Waals surface area contributed by atoms with Gasteiger partial charge in [-0.25, -0.2) is 0 Å². The van der Waals surface area contributed by atoms with E-state index in [0.717, 1.165) is 33.3 Å². The normalized spacial score (nSPS) is 10.5. The molecule has 0 saturated carbocycles. The number of rotatable bonds is 6. The van der Waals surface area contributed by atoms with E-state index in [-0.39, 0.29) is 11.8 Å². The third kappa shape index (κ3) is 4.92. The fourth-order valence-corrected chi connectivity index (χ4v) is 3.43. The summed E-state index contributed by atoms with van der Waals surface area (Å²) in [5, 5.41) is 7.83. The van der Waals surface area contributed by atoms with Gasteiger partial charge in [0.2, 0.25) is 11.8 Å². The number of carbonyl (C=O) groups excluding carboxylic acids is 2. The fraction of sp³-hybridized carbons (Fsp3) is 0.0769. The van der Waals surface area contributed by atoms with Crippen molar-refractivity contribution in [3.63, 3.8) is 0 Å². The van der Waals surface area contributed by atoms with Crippen LogP contribution in [0.15, 0.2) is 97.1 Å². The molecule has 0 bridgehead atoms. The Morgan fingerprint density at radius 2 is 1.20 bits per heavy atom.